The molecule has 0 spiro atoms. The van der Waals surface area contributed by atoms with E-state index < -0.39 is 0 Å². The summed E-state index contributed by atoms with van der Waals surface area (Å²) in [4.78, 5) is 33.8. The maximum absolute atomic E-state index is 12.4. The van der Waals surface area contributed by atoms with Gasteiger partial charge in [-0.15, -0.1) is 0 Å². The van der Waals surface area contributed by atoms with Crippen molar-refractivity contribution in [3.8, 4) is 0 Å². The molecule has 0 unspecified atom stereocenters. The second-order valence-corrected chi connectivity index (χ2v) is 8.28. The summed E-state index contributed by atoms with van der Waals surface area (Å²) in [5.41, 5.74) is 0.124. The van der Waals surface area contributed by atoms with Crippen LogP contribution in [0.3, 0.4) is 0 Å². The van der Waals surface area contributed by atoms with Crippen LogP contribution in [0.1, 0.15) is 47.5 Å². The number of likely N-dealkylation sites (tertiary alicyclic amines) is 1. The number of aromatic amines is 1. The highest BCUT2D eigenvalue weighted by molar-refractivity contribution is 5.78. The van der Waals surface area contributed by atoms with Crippen molar-refractivity contribution in [2.45, 2.75) is 59.0 Å². The molecule has 2 N–H and O–H groups in total. The van der Waals surface area contributed by atoms with Crippen molar-refractivity contribution < 1.29 is 4.79 Å². The number of carbonyl (C=O) groups excluding carboxylic acids is 1. The SMILES string of the molecule is CC(C)C(=O)N1CCC(Nc2nc3c(cnn3C(C)(C)C)c(=O)[nH]2)CC1. The minimum absolute atomic E-state index is 0.0256. The first kappa shape index (κ1) is 18.4. The Morgan fingerprint density at radius 1 is 1.31 bits per heavy atom. The summed E-state index contributed by atoms with van der Waals surface area (Å²) in [5.74, 6) is 0.685. The summed E-state index contributed by atoms with van der Waals surface area (Å²) in [6.45, 7) is 11.4. The molecule has 3 rings (SSSR count). The summed E-state index contributed by atoms with van der Waals surface area (Å²) in [5, 5.41) is 8.14. The Bertz CT molecular complexity index is 853. The maximum atomic E-state index is 12.4. The molecule has 1 aliphatic heterocycles. The van der Waals surface area contributed by atoms with Crippen LogP contribution in [0.5, 0.6) is 0 Å². The third kappa shape index (κ3) is 3.59. The molecule has 8 heteroatoms. The van der Waals surface area contributed by atoms with Gasteiger partial charge in [0.15, 0.2) is 5.65 Å². The molecule has 1 amide bonds. The van der Waals surface area contributed by atoms with Crippen LogP contribution in [0.25, 0.3) is 11.0 Å². The van der Waals surface area contributed by atoms with E-state index in [4.69, 9.17) is 0 Å². The van der Waals surface area contributed by atoms with Gasteiger partial charge in [0.2, 0.25) is 11.9 Å². The summed E-state index contributed by atoms with van der Waals surface area (Å²) in [6, 6.07) is 0.179. The summed E-state index contributed by atoms with van der Waals surface area (Å²) in [7, 11) is 0. The average molecular weight is 360 g/mol. The molecule has 0 aliphatic carbocycles. The van der Waals surface area contributed by atoms with E-state index in [9.17, 15) is 9.59 Å². The highest BCUT2D eigenvalue weighted by atomic mass is 16.2. The smallest absolute Gasteiger partial charge is 0.263 e. The largest absolute Gasteiger partial charge is 0.353 e. The van der Waals surface area contributed by atoms with Gasteiger partial charge in [-0.3, -0.25) is 14.6 Å². The minimum Gasteiger partial charge on any atom is -0.353 e. The zero-order valence-corrected chi connectivity index (χ0v) is 16.2. The van der Waals surface area contributed by atoms with Gasteiger partial charge in [-0.2, -0.15) is 10.1 Å². The zero-order valence-electron chi connectivity index (χ0n) is 16.2. The lowest BCUT2D eigenvalue weighted by molar-refractivity contribution is -0.135. The van der Waals surface area contributed by atoms with Gasteiger partial charge >= 0.3 is 0 Å². The van der Waals surface area contributed by atoms with Gasteiger partial charge in [-0.05, 0) is 33.6 Å². The minimum atomic E-state index is -0.262. The van der Waals surface area contributed by atoms with Crippen molar-refractivity contribution in [2.24, 2.45) is 5.92 Å². The third-order valence-corrected chi connectivity index (χ3v) is 4.71. The Hall–Kier alpha value is -2.38. The molecule has 2 aromatic rings. The molecule has 1 aliphatic rings. The molecule has 142 valence electrons. The van der Waals surface area contributed by atoms with E-state index in [2.05, 4.69) is 20.4 Å². The average Bonchev–Trinajstić information content (AvgIpc) is 2.99. The van der Waals surface area contributed by atoms with Crippen molar-refractivity contribution in [2.75, 3.05) is 18.4 Å². The lowest BCUT2D eigenvalue weighted by Gasteiger charge is -2.33. The second-order valence-electron chi connectivity index (χ2n) is 8.28. The number of hydrogen-bond acceptors (Lipinski definition) is 5. The van der Waals surface area contributed by atoms with Crippen LogP contribution in [0, 0.1) is 5.92 Å². The van der Waals surface area contributed by atoms with Gasteiger partial charge < -0.3 is 10.2 Å². The molecular formula is C18H28N6O2. The quantitative estimate of drug-likeness (QED) is 0.872. The van der Waals surface area contributed by atoms with E-state index in [1.54, 1.807) is 10.9 Å². The molecule has 0 saturated carbocycles. The number of carbonyl (C=O) groups is 1. The van der Waals surface area contributed by atoms with Gasteiger partial charge in [0, 0.05) is 25.0 Å². The predicted molar refractivity (Wildman–Crippen MR) is 101 cm³/mol. The van der Waals surface area contributed by atoms with Crippen molar-refractivity contribution in [1.29, 1.82) is 0 Å². The van der Waals surface area contributed by atoms with Crippen LogP contribution in [-0.4, -0.2) is 49.7 Å². The van der Waals surface area contributed by atoms with Gasteiger partial charge in [0.25, 0.3) is 5.56 Å². The molecule has 1 fully saturated rings. The van der Waals surface area contributed by atoms with Crippen LogP contribution >= 0.6 is 0 Å². The van der Waals surface area contributed by atoms with E-state index in [0.717, 1.165) is 25.9 Å². The molecule has 0 atom stereocenters. The number of nitrogens with one attached hydrogen (secondary N) is 2. The van der Waals surface area contributed by atoms with Crippen molar-refractivity contribution >= 4 is 22.9 Å². The van der Waals surface area contributed by atoms with E-state index in [1.165, 1.54) is 0 Å². The Morgan fingerprint density at radius 2 is 1.96 bits per heavy atom. The summed E-state index contributed by atoms with van der Waals surface area (Å²) >= 11 is 0. The molecular weight excluding hydrogens is 332 g/mol. The topological polar surface area (TPSA) is 95.9 Å². The monoisotopic (exact) mass is 360 g/mol. The lowest BCUT2D eigenvalue weighted by atomic mass is 10.0. The molecule has 0 bridgehead atoms. The van der Waals surface area contributed by atoms with E-state index >= 15 is 0 Å². The normalized spacial score (nSPS) is 16.5. The van der Waals surface area contributed by atoms with Crippen LogP contribution in [-0.2, 0) is 10.3 Å². The van der Waals surface area contributed by atoms with Gasteiger partial charge in [0.1, 0.15) is 5.39 Å². The number of aromatic nitrogens is 4. The zero-order chi connectivity index (χ0) is 19.1. The maximum Gasteiger partial charge on any atom is 0.263 e. The Morgan fingerprint density at radius 3 is 2.54 bits per heavy atom. The highest BCUT2D eigenvalue weighted by Gasteiger charge is 2.25. The van der Waals surface area contributed by atoms with Crippen molar-refractivity contribution in [3.05, 3.63) is 16.6 Å². The lowest BCUT2D eigenvalue weighted by Crippen LogP contribution is -2.44. The molecule has 26 heavy (non-hydrogen) atoms. The molecule has 2 aromatic heterocycles. The number of nitrogens with zero attached hydrogens (tertiary/aromatic N) is 4. The first-order valence-electron chi connectivity index (χ1n) is 9.20. The van der Waals surface area contributed by atoms with E-state index in [1.807, 2.05) is 39.5 Å². The van der Waals surface area contributed by atoms with E-state index in [-0.39, 0.29) is 29.0 Å². The summed E-state index contributed by atoms with van der Waals surface area (Å²) in [6.07, 6.45) is 3.23. The predicted octanol–water partition coefficient (Wildman–Crippen LogP) is 1.93. The fourth-order valence-corrected chi connectivity index (χ4v) is 3.28. The Kier molecular flexibility index (Phi) is 4.77. The van der Waals surface area contributed by atoms with Crippen LogP contribution in [0.15, 0.2) is 11.0 Å². The third-order valence-electron chi connectivity index (χ3n) is 4.71. The molecule has 0 aromatic carbocycles. The standard InChI is InChI=1S/C18H28N6O2/c1-11(2)16(26)23-8-6-12(7-9-23)20-17-21-14-13(15(25)22-17)10-19-24(14)18(3,4)5/h10-12H,6-9H2,1-5H3,(H2,20,21,22,25). The molecule has 0 radical (unpaired) electrons. The number of fused-ring (bicyclic) bond motifs is 1. The number of H-pyrrole nitrogens is 1. The fraction of sp³-hybridized carbons (Fsp3) is 0.667. The van der Waals surface area contributed by atoms with Crippen LogP contribution in [0.2, 0.25) is 0 Å². The number of hydrogen-bond donors (Lipinski definition) is 2. The summed E-state index contributed by atoms with van der Waals surface area (Å²) < 4.78 is 1.77. The second kappa shape index (κ2) is 6.74. The Balaban J connectivity index is 1.76. The van der Waals surface area contributed by atoms with E-state index in [0.29, 0.717) is 17.0 Å². The van der Waals surface area contributed by atoms with Crippen molar-refractivity contribution in [3.63, 3.8) is 0 Å². The first-order valence-corrected chi connectivity index (χ1v) is 9.20. The molecule has 1 saturated heterocycles. The number of piperidine rings is 1. The van der Waals surface area contributed by atoms with Gasteiger partial charge in [0.05, 0.1) is 11.7 Å². The fourth-order valence-electron chi connectivity index (χ4n) is 3.28. The Labute approximate surface area is 153 Å². The highest BCUT2D eigenvalue weighted by Crippen LogP contribution is 2.20. The molecule has 3 heterocycles. The first-order chi connectivity index (χ1) is 12.2. The van der Waals surface area contributed by atoms with Crippen LogP contribution in [0.4, 0.5) is 5.95 Å². The van der Waals surface area contributed by atoms with Gasteiger partial charge in [-0.25, -0.2) is 4.68 Å². The molecule has 8 nitrogen and oxygen atoms in total. The number of rotatable bonds is 3. The number of amides is 1. The van der Waals surface area contributed by atoms with Gasteiger partial charge in [-0.1, -0.05) is 13.8 Å². The van der Waals surface area contributed by atoms with Crippen molar-refractivity contribution in [1.82, 2.24) is 24.6 Å². The number of anilines is 1. The van der Waals surface area contributed by atoms with Crippen LogP contribution < -0.4 is 10.9 Å².